The van der Waals surface area contributed by atoms with Gasteiger partial charge in [-0.2, -0.15) is 0 Å². The van der Waals surface area contributed by atoms with E-state index in [1.807, 2.05) is 0 Å². The Labute approximate surface area is 124 Å². The van der Waals surface area contributed by atoms with Crippen molar-refractivity contribution in [2.75, 3.05) is 40.6 Å². The first-order chi connectivity index (χ1) is 10.2. The predicted molar refractivity (Wildman–Crippen MR) is 76.9 cm³/mol. The lowest BCUT2D eigenvalue weighted by Gasteiger charge is -2.10. The van der Waals surface area contributed by atoms with Crippen LogP contribution in [-0.4, -0.2) is 51.7 Å². The summed E-state index contributed by atoms with van der Waals surface area (Å²) in [4.78, 5) is 10.9. The summed E-state index contributed by atoms with van der Waals surface area (Å²) in [6, 6.07) is 4.71. The van der Waals surface area contributed by atoms with Gasteiger partial charge < -0.3 is 24.1 Å². The highest BCUT2D eigenvalue weighted by molar-refractivity contribution is 5.88. The molecule has 0 aliphatic rings. The molecule has 118 valence electrons. The molecule has 0 unspecified atom stereocenters. The molecule has 1 aromatic carbocycles. The molecule has 0 aromatic heterocycles. The Bertz CT molecular complexity index is 432. The zero-order chi connectivity index (χ0) is 15.5. The minimum atomic E-state index is -0.967. The van der Waals surface area contributed by atoms with Crippen LogP contribution in [0, 0.1) is 0 Å². The highest BCUT2D eigenvalue weighted by atomic mass is 16.5. The fraction of sp³-hybridized carbons (Fsp3) is 0.533. The van der Waals surface area contributed by atoms with Gasteiger partial charge in [0.1, 0.15) is 5.75 Å². The van der Waals surface area contributed by atoms with Crippen LogP contribution in [0.25, 0.3) is 0 Å². The number of benzene rings is 1. The molecule has 0 saturated carbocycles. The second kappa shape index (κ2) is 10.1. The van der Waals surface area contributed by atoms with Crippen LogP contribution in [-0.2, 0) is 20.8 Å². The van der Waals surface area contributed by atoms with Gasteiger partial charge in [-0.25, -0.2) is 4.79 Å². The normalized spacial score (nSPS) is 10.6. The minimum Gasteiger partial charge on any atom is -0.496 e. The topological polar surface area (TPSA) is 74.2 Å². The minimum absolute atomic E-state index is 0.220. The fourth-order valence-corrected chi connectivity index (χ4v) is 1.71. The van der Waals surface area contributed by atoms with E-state index in [0.29, 0.717) is 38.8 Å². The molecule has 6 heteroatoms. The Kier molecular flexibility index (Phi) is 8.42. The largest absolute Gasteiger partial charge is 0.496 e. The van der Waals surface area contributed by atoms with Crippen LogP contribution in [0.2, 0.25) is 0 Å². The van der Waals surface area contributed by atoms with Crippen molar-refractivity contribution in [1.29, 1.82) is 0 Å². The molecule has 0 aliphatic carbocycles. The van der Waals surface area contributed by atoms with Crippen molar-refractivity contribution in [2.45, 2.75) is 13.0 Å². The summed E-state index contributed by atoms with van der Waals surface area (Å²) in [5.41, 5.74) is 0.940. The Balaban J connectivity index is 2.33. The first-order valence-corrected chi connectivity index (χ1v) is 6.73. The number of carboxylic acids is 1. The molecule has 0 amide bonds. The number of aromatic carboxylic acids is 1. The quantitative estimate of drug-likeness (QED) is 0.630. The third-order valence-electron chi connectivity index (χ3n) is 2.79. The number of ether oxygens (including phenoxy) is 4. The zero-order valence-corrected chi connectivity index (χ0v) is 12.5. The second-order valence-electron chi connectivity index (χ2n) is 4.34. The van der Waals surface area contributed by atoms with Gasteiger partial charge in [0.25, 0.3) is 0 Å². The molecule has 1 rings (SSSR count). The lowest BCUT2D eigenvalue weighted by atomic mass is 10.1. The maximum atomic E-state index is 10.9. The van der Waals surface area contributed by atoms with Crippen LogP contribution >= 0.6 is 0 Å². The average Bonchev–Trinajstić information content (AvgIpc) is 2.49. The summed E-state index contributed by atoms with van der Waals surface area (Å²) in [5, 5.41) is 8.98. The van der Waals surface area contributed by atoms with Crippen LogP contribution in [0.4, 0.5) is 0 Å². The van der Waals surface area contributed by atoms with E-state index in [1.165, 1.54) is 6.07 Å². The number of rotatable bonds is 11. The van der Waals surface area contributed by atoms with Gasteiger partial charge in [0.2, 0.25) is 0 Å². The van der Waals surface area contributed by atoms with E-state index < -0.39 is 5.97 Å². The van der Waals surface area contributed by atoms with E-state index in [9.17, 15) is 4.79 Å². The Hall–Kier alpha value is -1.63. The first-order valence-electron chi connectivity index (χ1n) is 6.73. The molecule has 0 fully saturated rings. The lowest BCUT2D eigenvalue weighted by Crippen LogP contribution is -2.06. The maximum Gasteiger partial charge on any atom is 0.335 e. The van der Waals surface area contributed by atoms with Crippen molar-refractivity contribution in [3.05, 3.63) is 29.3 Å². The van der Waals surface area contributed by atoms with Gasteiger partial charge in [-0.15, -0.1) is 0 Å². The van der Waals surface area contributed by atoms with Crippen molar-refractivity contribution < 1.29 is 28.8 Å². The van der Waals surface area contributed by atoms with Crippen LogP contribution < -0.4 is 4.74 Å². The average molecular weight is 298 g/mol. The summed E-state index contributed by atoms with van der Waals surface area (Å²) in [6.07, 6.45) is 0.769. The standard InChI is InChI=1S/C15H22O6/c1-18-8-9-20-6-3-7-21-11-13-10-12(15(16)17)4-5-14(13)19-2/h4-5,10H,3,6-9,11H2,1-2H3,(H,16,17). The Morgan fingerprint density at radius 3 is 2.52 bits per heavy atom. The summed E-state index contributed by atoms with van der Waals surface area (Å²) < 4.78 is 20.9. The molecule has 6 nitrogen and oxygen atoms in total. The number of carbonyl (C=O) groups is 1. The highest BCUT2D eigenvalue weighted by Crippen LogP contribution is 2.20. The van der Waals surface area contributed by atoms with Gasteiger partial charge in [0.05, 0.1) is 32.5 Å². The van der Waals surface area contributed by atoms with E-state index in [-0.39, 0.29) is 5.56 Å². The molecule has 0 atom stereocenters. The van der Waals surface area contributed by atoms with Gasteiger partial charge in [-0.1, -0.05) is 0 Å². The molecule has 21 heavy (non-hydrogen) atoms. The van der Waals surface area contributed by atoms with E-state index in [1.54, 1.807) is 26.4 Å². The predicted octanol–water partition coefficient (Wildman–Crippen LogP) is 1.96. The van der Waals surface area contributed by atoms with E-state index >= 15 is 0 Å². The molecule has 0 aliphatic heterocycles. The molecular formula is C15H22O6. The molecule has 0 bridgehead atoms. The number of carboxylic acid groups (broad SMARTS) is 1. The van der Waals surface area contributed by atoms with Gasteiger partial charge in [-0.05, 0) is 24.6 Å². The lowest BCUT2D eigenvalue weighted by molar-refractivity contribution is 0.0480. The van der Waals surface area contributed by atoms with Crippen molar-refractivity contribution in [3.8, 4) is 5.75 Å². The summed E-state index contributed by atoms with van der Waals surface area (Å²) in [7, 11) is 3.17. The van der Waals surface area contributed by atoms with Gasteiger partial charge >= 0.3 is 5.97 Å². The molecule has 0 spiro atoms. The zero-order valence-electron chi connectivity index (χ0n) is 12.5. The number of hydrogen-bond acceptors (Lipinski definition) is 5. The number of methoxy groups -OCH3 is 2. The molecular weight excluding hydrogens is 276 g/mol. The highest BCUT2D eigenvalue weighted by Gasteiger charge is 2.09. The summed E-state index contributed by atoms with van der Waals surface area (Å²) in [6.45, 7) is 2.61. The first kappa shape index (κ1) is 17.4. The molecule has 1 N–H and O–H groups in total. The molecule has 0 heterocycles. The van der Waals surface area contributed by atoms with Crippen LogP contribution in [0.15, 0.2) is 18.2 Å². The molecule has 0 radical (unpaired) electrons. The Morgan fingerprint density at radius 2 is 1.86 bits per heavy atom. The smallest absolute Gasteiger partial charge is 0.335 e. The summed E-state index contributed by atoms with van der Waals surface area (Å²) >= 11 is 0. The van der Waals surface area contributed by atoms with Gasteiger partial charge in [-0.3, -0.25) is 0 Å². The van der Waals surface area contributed by atoms with Crippen LogP contribution in [0.1, 0.15) is 22.3 Å². The van der Waals surface area contributed by atoms with Gasteiger partial charge in [0.15, 0.2) is 0 Å². The second-order valence-corrected chi connectivity index (χ2v) is 4.34. The van der Waals surface area contributed by atoms with Crippen molar-refractivity contribution in [1.82, 2.24) is 0 Å². The number of hydrogen-bond donors (Lipinski definition) is 1. The molecule has 1 aromatic rings. The van der Waals surface area contributed by atoms with Crippen LogP contribution in [0.3, 0.4) is 0 Å². The third kappa shape index (κ3) is 6.57. The molecule has 0 saturated heterocycles. The maximum absolute atomic E-state index is 10.9. The van der Waals surface area contributed by atoms with E-state index in [4.69, 9.17) is 24.1 Å². The van der Waals surface area contributed by atoms with Crippen molar-refractivity contribution in [2.24, 2.45) is 0 Å². The monoisotopic (exact) mass is 298 g/mol. The van der Waals surface area contributed by atoms with Gasteiger partial charge in [0, 0.05) is 25.9 Å². The van der Waals surface area contributed by atoms with Crippen molar-refractivity contribution >= 4 is 5.97 Å². The SMILES string of the molecule is COCCOCCCOCc1cc(C(=O)O)ccc1OC. The summed E-state index contributed by atoms with van der Waals surface area (Å²) in [5.74, 6) is -0.346. The van der Waals surface area contributed by atoms with E-state index in [0.717, 1.165) is 12.0 Å². The van der Waals surface area contributed by atoms with E-state index in [2.05, 4.69) is 0 Å². The van der Waals surface area contributed by atoms with Crippen LogP contribution in [0.5, 0.6) is 5.75 Å². The third-order valence-corrected chi connectivity index (χ3v) is 2.79. The van der Waals surface area contributed by atoms with Crippen molar-refractivity contribution in [3.63, 3.8) is 0 Å². The Morgan fingerprint density at radius 1 is 1.10 bits per heavy atom. The fourth-order valence-electron chi connectivity index (χ4n) is 1.71.